The molecule has 126 valence electrons. The van der Waals surface area contributed by atoms with Crippen molar-refractivity contribution in [2.45, 2.75) is 6.92 Å². The molecule has 0 atom stereocenters. The Labute approximate surface area is 148 Å². The first-order valence-electron chi connectivity index (χ1n) is 7.36. The molecule has 0 aliphatic rings. The van der Waals surface area contributed by atoms with Gasteiger partial charge in [0.05, 0.1) is 6.21 Å². The number of benzene rings is 2. The number of hydrogen-bond acceptors (Lipinski definition) is 6. The number of aromatic amines is 1. The molecule has 0 amide bonds. The summed E-state index contributed by atoms with van der Waals surface area (Å²) >= 11 is 5.85. The minimum Gasteiger partial charge on any atom is -0.457 e. The normalized spacial score (nSPS) is 10.8. The molecule has 0 radical (unpaired) electrons. The molecule has 0 saturated carbocycles. The van der Waals surface area contributed by atoms with Crippen LogP contribution in [-0.4, -0.2) is 21.4 Å². The number of hydrogen-bond donors (Lipinski definition) is 2. The van der Waals surface area contributed by atoms with Gasteiger partial charge in [0.15, 0.2) is 0 Å². The van der Waals surface area contributed by atoms with Gasteiger partial charge >= 0.3 is 0 Å². The van der Waals surface area contributed by atoms with Gasteiger partial charge in [0.1, 0.15) is 17.2 Å². The van der Waals surface area contributed by atoms with E-state index in [-0.39, 0.29) is 11.5 Å². The van der Waals surface area contributed by atoms with Crippen LogP contribution in [0.25, 0.3) is 0 Å². The molecule has 7 nitrogen and oxygen atoms in total. The zero-order chi connectivity index (χ0) is 17.6. The fourth-order valence-corrected chi connectivity index (χ4v) is 2.03. The lowest BCUT2D eigenvalue weighted by atomic mass is 10.2. The summed E-state index contributed by atoms with van der Waals surface area (Å²) < 4.78 is 5.76. The van der Waals surface area contributed by atoms with E-state index in [1.165, 1.54) is 0 Å². The maximum atomic E-state index is 11.4. The van der Waals surface area contributed by atoms with Crippen molar-refractivity contribution < 1.29 is 4.74 Å². The van der Waals surface area contributed by atoms with Crippen LogP contribution >= 0.6 is 11.6 Å². The van der Waals surface area contributed by atoms with E-state index in [4.69, 9.17) is 16.3 Å². The predicted octanol–water partition coefficient (Wildman–Crippen LogP) is 3.37. The first kappa shape index (κ1) is 16.7. The van der Waals surface area contributed by atoms with Crippen LogP contribution in [0, 0.1) is 6.92 Å². The van der Waals surface area contributed by atoms with Crippen LogP contribution < -0.4 is 15.7 Å². The number of anilines is 1. The summed E-state index contributed by atoms with van der Waals surface area (Å²) in [4.78, 5) is 14.0. The maximum absolute atomic E-state index is 11.4. The van der Waals surface area contributed by atoms with Gasteiger partial charge in [0.2, 0.25) is 5.95 Å². The molecule has 25 heavy (non-hydrogen) atoms. The number of halogens is 1. The van der Waals surface area contributed by atoms with Gasteiger partial charge in [-0.3, -0.25) is 9.78 Å². The van der Waals surface area contributed by atoms with Crippen molar-refractivity contribution >= 4 is 23.8 Å². The van der Waals surface area contributed by atoms with Crippen molar-refractivity contribution in [3.63, 3.8) is 0 Å². The Kier molecular flexibility index (Phi) is 5.06. The zero-order valence-corrected chi connectivity index (χ0v) is 14.0. The Balaban J connectivity index is 1.67. The summed E-state index contributed by atoms with van der Waals surface area (Å²) in [6, 6.07) is 14.5. The quantitative estimate of drug-likeness (QED) is 0.540. The van der Waals surface area contributed by atoms with Gasteiger partial charge in [-0.05, 0) is 48.9 Å². The predicted molar refractivity (Wildman–Crippen MR) is 96.6 cm³/mol. The molecule has 0 aliphatic heterocycles. The molecular weight excluding hydrogens is 342 g/mol. The van der Waals surface area contributed by atoms with Gasteiger partial charge in [-0.2, -0.15) is 5.10 Å². The molecule has 1 heterocycles. The summed E-state index contributed by atoms with van der Waals surface area (Å²) in [5.41, 5.74) is 3.41. The standard InChI is InChI=1S/C17H14ClN5O2/c1-11-16(24)20-17(23-21-11)22-19-10-12-3-2-4-15(9-12)25-14-7-5-13(18)6-8-14/h2-10H,1H3,(H2,20,22,23,24)/b19-10-. The van der Waals surface area contributed by atoms with Crippen molar-refractivity contribution in [1.82, 2.24) is 15.2 Å². The Morgan fingerprint density at radius 3 is 2.72 bits per heavy atom. The molecule has 0 spiro atoms. The zero-order valence-electron chi connectivity index (χ0n) is 13.2. The van der Waals surface area contributed by atoms with Crippen LogP contribution in [0.2, 0.25) is 5.02 Å². The van der Waals surface area contributed by atoms with Crippen LogP contribution in [0.1, 0.15) is 11.3 Å². The van der Waals surface area contributed by atoms with E-state index in [2.05, 4.69) is 25.7 Å². The number of aromatic nitrogens is 3. The molecule has 2 aromatic carbocycles. The van der Waals surface area contributed by atoms with Crippen LogP contribution in [0.3, 0.4) is 0 Å². The lowest BCUT2D eigenvalue weighted by molar-refractivity contribution is 0.482. The van der Waals surface area contributed by atoms with Crippen LogP contribution in [0.5, 0.6) is 11.5 Å². The number of hydrazone groups is 1. The largest absolute Gasteiger partial charge is 0.457 e. The van der Waals surface area contributed by atoms with E-state index in [0.29, 0.717) is 22.2 Å². The lowest BCUT2D eigenvalue weighted by Crippen LogP contribution is -2.15. The molecular formula is C17H14ClN5O2. The van der Waals surface area contributed by atoms with Crippen molar-refractivity contribution in [2.75, 3.05) is 5.43 Å². The van der Waals surface area contributed by atoms with Gasteiger partial charge in [0, 0.05) is 5.02 Å². The topological polar surface area (TPSA) is 92.3 Å². The van der Waals surface area contributed by atoms with E-state index in [0.717, 1.165) is 5.56 Å². The second kappa shape index (κ2) is 7.59. The van der Waals surface area contributed by atoms with Crippen LogP contribution in [-0.2, 0) is 0 Å². The molecule has 8 heteroatoms. The Morgan fingerprint density at radius 2 is 1.96 bits per heavy atom. The minimum absolute atomic E-state index is 0.167. The van der Waals surface area contributed by atoms with Gasteiger partial charge in [0.25, 0.3) is 5.56 Å². The van der Waals surface area contributed by atoms with Crippen molar-refractivity contribution in [3.05, 3.63) is 75.2 Å². The fraction of sp³-hybridized carbons (Fsp3) is 0.0588. The molecule has 3 rings (SSSR count). The molecule has 0 unspecified atom stereocenters. The molecule has 0 bridgehead atoms. The summed E-state index contributed by atoms with van der Waals surface area (Å²) in [6.07, 6.45) is 1.58. The Hall–Kier alpha value is -3.19. The number of H-pyrrole nitrogens is 1. The maximum Gasteiger partial charge on any atom is 0.274 e. The van der Waals surface area contributed by atoms with Crippen molar-refractivity contribution in [3.8, 4) is 11.5 Å². The van der Waals surface area contributed by atoms with Gasteiger partial charge in [-0.15, -0.1) is 10.2 Å². The SMILES string of the molecule is Cc1nnc(N/N=C\c2cccc(Oc3ccc(Cl)cc3)c2)[nH]c1=O. The van der Waals surface area contributed by atoms with E-state index in [9.17, 15) is 4.79 Å². The number of aryl methyl sites for hydroxylation is 1. The van der Waals surface area contributed by atoms with Crippen molar-refractivity contribution in [1.29, 1.82) is 0 Å². The summed E-state index contributed by atoms with van der Waals surface area (Å²) in [5.74, 6) is 1.51. The average Bonchev–Trinajstić information content (AvgIpc) is 2.60. The molecule has 2 N–H and O–H groups in total. The van der Waals surface area contributed by atoms with Gasteiger partial charge < -0.3 is 4.74 Å². The second-order valence-electron chi connectivity index (χ2n) is 5.09. The third-order valence-corrected chi connectivity index (χ3v) is 3.40. The first-order valence-corrected chi connectivity index (χ1v) is 7.74. The number of rotatable bonds is 5. The highest BCUT2D eigenvalue weighted by Gasteiger charge is 2.00. The van der Waals surface area contributed by atoms with Gasteiger partial charge in [-0.25, -0.2) is 5.43 Å². The second-order valence-corrected chi connectivity index (χ2v) is 5.52. The molecule has 3 aromatic rings. The first-order chi connectivity index (χ1) is 12.1. The van der Waals surface area contributed by atoms with E-state index < -0.39 is 0 Å². The van der Waals surface area contributed by atoms with E-state index >= 15 is 0 Å². The Morgan fingerprint density at radius 1 is 1.16 bits per heavy atom. The highest BCUT2D eigenvalue weighted by molar-refractivity contribution is 6.30. The average molecular weight is 356 g/mol. The van der Waals surface area contributed by atoms with Gasteiger partial charge in [-0.1, -0.05) is 23.7 Å². The smallest absolute Gasteiger partial charge is 0.274 e. The van der Waals surface area contributed by atoms with Crippen LogP contribution in [0.15, 0.2) is 58.4 Å². The fourth-order valence-electron chi connectivity index (χ4n) is 1.91. The highest BCUT2D eigenvalue weighted by Crippen LogP contribution is 2.23. The third kappa shape index (κ3) is 4.65. The Bertz CT molecular complexity index is 954. The minimum atomic E-state index is -0.314. The number of nitrogens with one attached hydrogen (secondary N) is 2. The molecule has 0 fully saturated rings. The monoisotopic (exact) mass is 355 g/mol. The number of nitrogens with zero attached hydrogens (tertiary/aromatic N) is 3. The van der Waals surface area contributed by atoms with Crippen molar-refractivity contribution in [2.24, 2.45) is 5.10 Å². The summed E-state index contributed by atoms with van der Waals surface area (Å²) in [5, 5.41) is 12.2. The van der Waals surface area contributed by atoms with Crippen LogP contribution in [0.4, 0.5) is 5.95 Å². The number of ether oxygens (including phenoxy) is 1. The molecule has 1 aromatic heterocycles. The molecule has 0 saturated heterocycles. The van der Waals surface area contributed by atoms with E-state index in [1.54, 1.807) is 37.4 Å². The molecule has 0 aliphatic carbocycles. The highest BCUT2D eigenvalue weighted by atomic mass is 35.5. The third-order valence-electron chi connectivity index (χ3n) is 3.15. The summed E-state index contributed by atoms with van der Waals surface area (Å²) in [6.45, 7) is 1.57. The summed E-state index contributed by atoms with van der Waals surface area (Å²) in [7, 11) is 0. The lowest BCUT2D eigenvalue weighted by Gasteiger charge is -2.06. The van der Waals surface area contributed by atoms with E-state index in [1.807, 2.05) is 24.3 Å².